The predicted octanol–water partition coefficient (Wildman–Crippen LogP) is 2.20. The van der Waals surface area contributed by atoms with E-state index in [-0.39, 0.29) is 0 Å². The highest BCUT2D eigenvalue weighted by atomic mass is 35.5. The number of fused-ring (bicyclic) bond motifs is 1. The number of benzene rings is 1. The highest BCUT2D eigenvalue weighted by Crippen LogP contribution is 2.23. The molecule has 19 heavy (non-hydrogen) atoms. The number of H-pyrrole nitrogens is 1. The number of imidazole rings is 1. The molecule has 3 aromatic rings. The number of nitrogens with two attached hydrogens (primary N) is 1. The third-order valence-corrected chi connectivity index (χ3v) is 3.16. The van der Waals surface area contributed by atoms with Crippen LogP contribution in [0.5, 0.6) is 0 Å². The van der Waals surface area contributed by atoms with Gasteiger partial charge in [0.1, 0.15) is 11.8 Å². The molecule has 1 aromatic carbocycles. The number of anilines is 2. The van der Waals surface area contributed by atoms with Crippen LogP contribution in [0.1, 0.15) is 5.56 Å². The Morgan fingerprint density at radius 1 is 1.26 bits per heavy atom. The van der Waals surface area contributed by atoms with E-state index >= 15 is 0 Å². The summed E-state index contributed by atoms with van der Waals surface area (Å²) in [6.45, 7) is 0.483. The van der Waals surface area contributed by atoms with E-state index in [1.165, 1.54) is 6.33 Å². The molecule has 4 N–H and O–H groups in total. The summed E-state index contributed by atoms with van der Waals surface area (Å²) in [5.41, 5.74) is 8.76. The Balaban J connectivity index is 1.88. The fourth-order valence-electron chi connectivity index (χ4n) is 1.83. The first-order valence-corrected chi connectivity index (χ1v) is 6.04. The average molecular weight is 275 g/mol. The van der Waals surface area contributed by atoms with Crippen LogP contribution >= 0.6 is 11.6 Å². The molecule has 2 heterocycles. The maximum Gasteiger partial charge on any atom is 0.182 e. The minimum atomic E-state index is 0.483. The molecule has 0 saturated heterocycles. The Morgan fingerprint density at radius 2 is 2.16 bits per heavy atom. The molecule has 0 aliphatic rings. The number of rotatable bonds is 3. The predicted molar refractivity (Wildman–Crippen MR) is 74.9 cm³/mol. The van der Waals surface area contributed by atoms with Gasteiger partial charge in [0, 0.05) is 22.8 Å². The number of nitrogen functional groups attached to an aromatic ring is 1. The van der Waals surface area contributed by atoms with Crippen molar-refractivity contribution < 1.29 is 0 Å². The van der Waals surface area contributed by atoms with E-state index in [1.54, 1.807) is 12.4 Å². The van der Waals surface area contributed by atoms with Gasteiger partial charge in [-0.1, -0.05) is 17.7 Å². The van der Waals surface area contributed by atoms with E-state index < -0.39 is 0 Å². The molecule has 2 aromatic heterocycles. The lowest BCUT2D eigenvalue weighted by molar-refractivity contribution is 1.10. The van der Waals surface area contributed by atoms with Crippen molar-refractivity contribution in [1.29, 1.82) is 0 Å². The lowest BCUT2D eigenvalue weighted by Gasteiger charge is -2.10. The van der Waals surface area contributed by atoms with Crippen LogP contribution in [0.4, 0.5) is 11.5 Å². The van der Waals surface area contributed by atoms with Crippen LogP contribution in [-0.4, -0.2) is 19.9 Å². The van der Waals surface area contributed by atoms with Crippen molar-refractivity contribution in [2.45, 2.75) is 6.54 Å². The summed E-state index contributed by atoms with van der Waals surface area (Å²) < 4.78 is 0. The molecule has 0 aliphatic heterocycles. The summed E-state index contributed by atoms with van der Waals surface area (Å²) in [7, 11) is 0. The fraction of sp³-hybridized carbons (Fsp3) is 0.0833. The molecule has 0 radical (unpaired) electrons. The molecule has 0 bridgehead atoms. The lowest BCUT2D eigenvalue weighted by atomic mass is 10.2. The van der Waals surface area contributed by atoms with Crippen molar-refractivity contribution >= 4 is 34.3 Å². The standard InChI is InChI=1S/C12H11ClN6/c13-8-2-1-3-9(14)7(8)4-15-11-10-12(17-5-16-10)19-6-18-11/h1-3,5-6H,4,14H2,(H2,15,16,17,18,19). The highest BCUT2D eigenvalue weighted by molar-refractivity contribution is 6.31. The van der Waals surface area contributed by atoms with E-state index in [0.717, 1.165) is 11.1 Å². The number of halogens is 1. The number of nitrogens with zero attached hydrogens (tertiary/aromatic N) is 3. The van der Waals surface area contributed by atoms with Gasteiger partial charge in [-0.3, -0.25) is 0 Å². The quantitative estimate of drug-likeness (QED) is 0.637. The van der Waals surface area contributed by atoms with Gasteiger partial charge in [-0.25, -0.2) is 15.0 Å². The van der Waals surface area contributed by atoms with Crippen LogP contribution in [0.3, 0.4) is 0 Å². The van der Waals surface area contributed by atoms with E-state index in [1.807, 2.05) is 12.1 Å². The van der Waals surface area contributed by atoms with Crippen LogP contribution in [0.2, 0.25) is 5.02 Å². The molecule has 3 rings (SSSR count). The van der Waals surface area contributed by atoms with E-state index in [0.29, 0.717) is 28.7 Å². The SMILES string of the molecule is Nc1cccc(Cl)c1CNc1ncnc2nc[nH]c12. The summed E-state index contributed by atoms with van der Waals surface area (Å²) in [5, 5.41) is 3.81. The van der Waals surface area contributed by atoms with Crippen LogP contribution < -0.4 is 11.1 Å². The number of aromatic nitrogens is 4. The van der Waals surface area contributed by atoms with Crippen LogP contribution in [0.15, 0.2) is 30.9 Å². The Labute approximate surface area is 114 Å². The number of hydrogen-bond acceptors (Lipinski definition) is 5. The normalized spacial score (nSPS) is 10.8. The largest absolute Gasteiger partial charge is 0.398 e. The van der Waals surface area contributed by atoms with Crippen molar-refractivity contribution in [1.82, 2.24) is 19.9 Å². The van der Waals surface area contributed by atoms with Crippen molar-refractivity contribution in [2.24, 2.45) is 0 Å². The molecule has 0 aliphatic carbocycles. The zero-order valence-electron chi connectivity index (χ0n) is 9.89. The summed E-state index contributed by atoms with van der Waals surface area (Å²) >= 11 is 6.12. The number of nitrogens with one attached hydrogen (secondary N) is 2. The molecule has 0 fully saturated rings. The third kappa shape index (κ3) is 2.17. The minimum Gasteiger partial charge on any atom is -0.398 e. The van der Waals surface area contributed by atoms with Gasteiger partial charge in [-0.05, 0) is 12.1 Å². The third-order valence-electron chi connectivity index (χ3n) is 2.81. The van der Waals surface area contributed by atoms with Crippen molar-refractivity contribution in [3.63, 3.8) is 0 Å². The summed E-state index contributed by atoms with van der Waals surface area (Å²) in [5.74, 6) is 0.668. The summed E-state index contributed by atoms with van der Waals surface area (Å²) in [4.78, 5) is 15.3. The fourth-order valence-corrected chi connectivity index (χ4v) is 2.08. The molecular weight excluding hydrogens is 264 g/mol. The van der Waals surface area contributed by atoms with E-state index in [4.69, 9.17) is 17.3 Å². The first-order valence-electron chi connectivity index (χ1n) is 5.66. The zero-order chi connectivity index (χ0) is 13.2. The average Bonchev–Trinajstić information content (AvgIpc) is 2.87. The van der Waals surface area contributed by atoms with Crippen molar-refractivity contribution in [3.05, 3.63) is 41.4 Å². The molecule has 6 nitrogen and oxygen atoms in total. The van der Waals surface area contributed by atoms with Gasteiger partial charge in [-0.2, -0.15) is 0 Å². The van der Waals surface area contributed by atoms with Gasteiger partial charge < -0.3 is 16.0 Å². The zero-order valence-corrected chi connectivity index (χ0v) is 10.6. The van der Waals surface area contributed by atoms with E-state index in [9.17, 15) is 0 Å². The van der Waals surface area contributed by atoms with Gasteiger partial charge >= 0.3 is 0 Å². The molecule has 0 unspecified atom stereocenters. The smallest absolute Gasteiger partial charge is 0.182 e. The first kappa shape index (κ1) is 11.7. The highest BCUT2D eigenvalue weighted by Gasteiger charge is 2.08. The van der Waals surface area contributed by atoms with E-state index in [2.05, 4.69) is 25.3 Å². The van der Waals surface area contributed by atoms with Crippen molar-refractivity contribution in [3.8, 4) is 0 Å². The molecule has 7 heteroatoms. The maximum absolute atomic E-state index is 6.12. The summed E-state index contributed by atoms with van der Waals surface area (Å²) in [6, 6.07) is 5.44. The van der Waals surface area contributed by atoms with Gasteiger partial charge in [0.15, 0.2) is 11.5 Å². The van der Waals surface area contributed by atoms with Crippen molar-refractivity contribution in [2.75, 3.05) is 11.1 Å². The molecule has 0 atom stereocenters. The maximum atomic E-state index is 6.12. The molecule has 96 valence electrons. The second-order valence-corrected chi connectivity index (χ2v) is 4.39. The topological polar surface area (TPSA) is 92.5 Å². The van der Waals surface area contributed by atoms with Crippen LogP contribution in [-0.2, 0) is 6.54 Å². The molecule has 0 amide bonds. The number of aromatic amines is 1. The monoisotopic (exact) mass is 274 g/mol. The Hall–Kier alpha value is -2.34. The lowest BCUT2D eigenvalue weighted by Crippen LogP contribution is -2.05. The molecule has 0 spiro atoms. The minimum absolute atomic E-state index is 0.483. The van der Waals surface area contributed by atoms with Gasteiger partial charge in [0.05, 0.1) is 6.33 Å². The Kier molecular flexibility index (Phi) is 2.92. The van der Waals surface area contributed by atoms with Gasteiger partial charge in [0.2, 0.25) is 0 Å². The second kappa shape index (κ2) is 4.74. The Morgan fingerprint density at radius 3 is 3.00 bits per heavy atom. The summed E-state index contributed by atoms with van der Waals surface area (Å²) in [6.07, 6.45) is 3.04. The van der Waals surface area contributed by atoms with Crippen LogP contribution in [0, 0.1) is 0 Å². The number of hydrogen-bond donors (Lipinski definition) is 3. The molecular formula is C12H11ClN6. The second-order valence-electron chi connectivity index (χ2n) is 3.98. The first-order chi connectivity index (χ1) is 9.25. The Bertz CT molecular complexity index is 703. The van der Waals surface area contributed by atoms with Gasteiger partial charge in [0.25, 0.3) is 0 Å². The van der Waals surface area contributed by atoms with Gasteiger partial charge in [-0.15, -0.1) is 0 Å². The molecule has 0 saturated carbocycles. The van der Waals surface area contributed by atoms with Crippen LogP contribution in [0.25, 0.3) is 11.2 Å².